The highest BCUT2D eigenvalue weighted by Crippen LogP contribution is 2.37. The number of fused-ring (bicyclic) bond motifs is 1. The lowest BCUT2D eigenvalue weighted by Crippen LogP contribution is -2.46. The van der Waals surface area contributed by atoms with Gasteiger partial charge in [-0.3, -0.25) is 14.8 Å². The molecule has 4 heteroatoms. The molecule has 1 aromatic heterocycles. The molecule has 3 heterocycles. The molecule has 0 radical (unpaired) electrons. The predicted octanol–water partition coefficient (Wildman–Crippen LogP) is 4.89. The normalized spacial score (nSPS) is 21.2. The number of rotatable bonds is 6. The molecule has 4 nitrogen and oxygen atoms in total. The van der Waals surface area contributed by atoms with Crippen LogP contribution < -0.4 is 4.90 Å². The number of hydrogen-bond acceptors (Lipinski definition) is 4. The number of anilines is 1. The number of allylic oxidation sites excluding steroid dienone is 2. The third-order valence-corrected chi connectivity index (χ3v) is 7.34. The van der Waals surface area contributed by atoms with Gasteiger partial charge in [-0.05, 0) is 41.2 Å². The Morgan fingerprint density at radius 2 is 1.79 bits per heavy atom. The van der Waals surface area contributed by atoms with Crippen LogP contribution in [0.3, 0.4) is 0 Å². The second-order valence-electron chi connectivity index (χ2n) is 9.56. The molecule has 2 aliphatic heterocycles. The van der Waals surface area contributed by atoms with Gasteiger partial charge in [-0.25, -0.2) is 0 Å². The molecule has 2 aromatic rings. The van der Waals surface area contributed by atoms with Crippen molar-refractivity contribution in [1.82, 2.24) is 14.8 Å². The monoisotopic (exact) mass is 440 g/mol. The smallest absolute Gasteiger partial charge is 0.0575 e. The highest BCUT2D eigenvalue weighted by atomic mass is 15.3. The topological polar surface area (TPSA) is 22.6 Å². The van der Waals surface area contributed by atoms with Crippen LogP contribution in [-0.4, -0.2) is 61.1 Å². The Bertz CT molecular complexity index is 1060. The van der Waals surface area contributed by atoms with E-state index in [1.165, 1.54) is 33.6 Å². The minimum Gasteiger partial charge on any atom is -0.370 e. The molecule has 1 unspecified atom stereocenters. The third kappa shape index (κ3) is 4.97. The van der Waals surface area contributed by atoms with Crippen LogP contribution in [0.5, 0.6) is 0 Å². The van der Waals surface area contributed by atoms with Gasteiger partial charge in [-0.1, -0.05) is 61.6 Å². The molecule has 0 saturated carbocycles. The van der Waals surface area contributed by atoms with E-state index >= 15 is 0 Å². The Labute approximate surface area is 198 Å². The summed E-state index contributed by atoms with van der Waals surface area (Å²) < 4.78 is 0. The first-order chi connectivity index (χ1) is 16.2. The van der Waals surface area contributed by atoms with Crippen molar-refractivity contribution in [2.24, 2.45) is 0 Å². The quantitative estimate of drug-likeness (QED) is 0.638. The van der Waals surface area contributed by atoms with Gasteiger partial charge >= 0.3 is 0 Å². The Hall–Kier alpha value is -2.69. The largest absolute Gasteiger partial charge is 0.370 e. The molecule has 0 spiro atoms. The number of benzene rings is 1. The fourth-order valence-corrected chi connectivity index (χ4v) is 5.41. The van der Waals surface area contributed by atoms with Crippen molar-refractivity contribution in [2.45, 2.75) is 32.2 Å². The van der Waals surface area contributed by atoms with Crippen molar-refractivity contribution in [1.29, 1.82) is 0 Å². The summed E-state index contributed by atoms with van der Waals surface area (Å²) in [6, 6.07) is 11.0. The molecule has 1 saturated heterocycles. The van der Waals surface area contributed by atoms with Gasteiger partial charge in [-0.15, -0.1) is 0 Å². The zero-order chi connectivity index (χ0) is 22.6. The van der Waals surface area contributed by atoms with Gasteiger partial charge in [0, 0.05) is 70.7 Å². The third-order valence-electron chi connectivity index (χ3n) is 7.34. The van der Waals surface area contributed by atoms with Crippen molar-refractivity contribution in [2.75, 3.05) is 51.2 Å². The first-order valence-corrected chi connectivity index (χ1v) is 12.5. The predicted molar refractivity (Wildman–Crippen MR) is 139 cm³/mol. The lowest BCUT2D eigenvalue weighted by molar-refractivity contribution is 0.134. The Morgan fingerprint density at radius 1 is 0.970 bits per heavy atom. The highest BCUT2D eigenvalue weighted by molar-refractivity contribution is 5.75. The molecule has 1 fully saturated rings. The van der Waals surface area contributed by atoms with E-state index in [1.54, 1.807) is 0 Å². The Morgan fingerprint density at radius 3 is 2.55 bits per heavy atom. The number of piperazine rings is 1. The molecule has 1 atom stereocenters. The molecule has 5 rings (SSSR count). The number of para-hydroxylation sites is 1. The van der Waals surface area contributed by atoms with E-state index in [0.717, 1.165) is 58.7 Å². The number of likely N-dealkylation sites (N-methyl/N-ethyl adjacent to an activating group) is 1. The minimum absolute atomic E-state index is 0.473. The number of aromatic nitrogens is 1. The van der Waals surface area contributed by atoms with E-state index in [9.17, 15) is 0 Å². The average molecular weight is 441 g/mol. The van der Waals surface area contributed by atoms with Crippen LogP contribution in [0.2, 0.25) is 0 Å². The van der Waals surface area contributed by atoms with Gasteiger partial charge in [0.2, 0.25) is 0 Å². The van der Waals surface area contributed by atoms with Gasteiger partial charge in [0.05, 0.1) is 5.69 Å². The fourth-order valence-electron chi connectivity index (χ4n) is 5.41. The maximum Gasteiger partial charge on any atom is 0.0575 e. The Kier molecular flexibility index (Phi) is 6.75. The average Bonchev–Trinajstić information content (AvgIpc) is 2.86. The van der Waals surface area contributed by atoms with E-state index in [1.807, 2.05) is 6.20 Å². The van der Waals surface area contributed by atoms with Gasteiger partial charge in [0.25, 0.3) is 0 Å². The van der Waals surface area contributed by atoms with Crippen molar-refractivity contribution in [3.63, 3.8) is 0 Å². The van der Waals surface area contributed by atoms with Gasteiger partial charge < -0.3 is 4.90 Å². The van der Waals surface area contributed by atoms with Crippen LogP contribution in [0.15, 0.2) is 66.4 Å². The molecule has 0 bridgehead atoms. The van der Waals surface area contributed by atoms with Gasteiger partial charge in [-0.2, -0.15) is 0 Å². The summed E-state index contributed by atoms with van der Waals surface area (Å²) in [6.45, 7) is 9.76. The number of nitrogens with zero attached hydrogens (tertiary/aromatic N) is 4. The SMILES string of the molecule is CCc1cccnc1CN1CCN(CC2=CCC(c3cccc4c3N(C)CC=C4)C=C2)CC1. The second kappa shape index (κ2) is 10.1. The number of pyridine rings is 1. The van der Waals surface area contributed by atoms with Crippen LogP contribution >= 0.6 is 0 Å². The van der Waals surface area contributed by atoms with E-state index < -0.39 is 0 Å². The van der Waals surface area contributed by atoms with Crippen LogP contribution in [0.4, 0.5) is 5.69 Å². The van der Waals surface area contributed by atoms with Crippen LogP contribution in [0, 0.1) is 0 Å². The summed E-state index contributed by atoms with van der Waals surface area (Å²) in [5.74, 6) is 0.473. The van der Waals surface area contributed by atoms with E-state index in [0.29, 0.717) is 5.92 Å². The maximum atomic E-state index is 4.64. The van der Waals surface area contributed by atoms with Crippen molar-refractivity contribution < 1.29 is 0 Å². The summed E-state index contributed by atoms with van der Waals surface area (Å²) >= 11 is 0. The fraction of sp³-hybridized carbons (Fsp3) is 0.414. The minimum atomic E-state index is 0.473. The standard InChI is InChI=1S/C29H36N4/c1-3-24-8-5-15-30-28(24)22-33-19-17-32(18-20-33)21-23-11-13-25(14-12-23)27-10-4-7-26-9-6-16-31(2)29(26)27/h4-13,15,25H,3,14,16-22H2,1-2H3. The molecule has 3 aliphatic rings. The van der Waals surface area contributed by atoms with Gasteiger partial charge in [0.15, 0.2) is 0 Å². The van der Waals surface area contributed by atoms with Crippen molar-refractivity contribution in [3.8, 4) is 0 Å². The Balaban J connectivity index is 1.15. The summed E-state index contributed by atoms with van der Waals surface area (Å²) in [7, 11) is 2.20. The maximum absolute atomic E-state index is 4.64. The lowest BCUT2D eigenvalue weighted by atomic mass is 9.86. The summed E-state index contributed by atoms with van der Waals surface area (Å²) in [5, 5.41) is 0. The molecule has 0 N–H and O–H groups in total. The molecular formula is C29H36N4. The van der Waals surface area contributed by atoms with Gasteiger partial charge in [0.1, 0.15) is 0 Å². The molecule has 1 aromatic carbocycles. The lowest BCUT2D eigenvalue weighted by Gasteiger charge is -2.35. The van der Waals surface area contributed by atoms with Crippen molar-refractivity contribution >= 4 is 11.8 Å². The molecule has 0 amide bonds. The second-order valence-corrected chi connectivity index (χ2v) is 9.56. The van der Waals surface area contributed by atoms with Crippen LogP contribution in [-0.2, 0) is 13.0 Å². The zero-order valence-electron chi connectivity index (χ0n) is 20.1. The van der Waals surface area contributed by atoms with Crippen LogP contribution in [0.25, 0.3) is 6.08 Å². The first kappa shape index (κ1) is 22.1. The molecule has 172 valence electrons. The van der Waals surface area contributed by atoms with E-state index in [2.05, 4.69) is 94.4 Å². The number of hydrogen-bond donors (Lipinski definition) is 0. The summed E-state index contributed by atoms with van der Waals surface area (Å²) in [5.41, 5.74) is 8.31. The summed E-state index contributed by atoms with van der Waals surface area (Å²) in [6.07, 6.45) is 15.9. The molecule has 33 heavy (non-hydrogen) atoms. The van der Waals surface area contributed by atoms with Crippen molar-refractivity contribution in [3.05, 3.63) is 88.8 Å². The number of aryl methyl sites for hydroxylation is 1. The zero-order valence-corrected chi connectivity index (χ0v) is 20.1. The van der Waals surface area contributed by atoms with E-state index in [-0.39, 0.29) is 0 Å². The van der Waals surface area contributed by atoms with Crippen LogP contribution in [0.1, 0.15) is 41.6 Å². The molecule has 1 aliphatic carbocycles. The first-order valence-electron chi connectivity index (χ1n) is 12.5. The van der Waals surface area contributed by atoms with E-state index in [4.69, 9.17) is 0 Å². The highest BCUT2D eigenvalue weighted by Gasteiger charge is 2.22. The summed E-state index contributed by atoms with van der Waals surface area (Å²) in [4.78, 5) is 12.2. The molecular weight excluding hydrogens is 404 g/mol.